The lowest BCUT2D eigenvalue weighted by molar-refractivity contribution is 0.191. The van der Waals surface area contributed by atoms with Gasteiger partial charge in [0, 0.05) is 35.3 Å². The highest BCUT2D eigenvalue weighted by Crippen LogP contribution is 2.34. The zero-order valence-electron chi connectivity index (χ0n) is 12.4. The highest BCUT2D eigenvalue weighted by Gasteiger charge is 2.32. The smallest absolute Gasteiger partial charge is 0.0735 e. The Morgan fingerprint density at radius 1 is 1.50 bits per heavy atom. The van der Waals surface area contributed by atoms with Crippen molar-refractivity contribution in [3.8, 4) is 0 Å². The van der Waals surface area contributed by atoms with Crippen LogP contribution in [0.25, 0.3) is 0 Å². The Hall–Kier alpha value is -0.620. The molecule has 3 unspecified atom stereocenters. The first-order chi connectivity index (χ1) is 9.38. The van der Waals surface area contributed by atoms with E-state index in [9.17, 15) is 5.11 Å². The number of benzene rings is 1. The van der Waals surface area contributed by atoms with E-state index < -0.39 is 0 Å². The number of halogens is 1. The Balaban J connectivity index is 2.35. The first-order valence-electron chi connectivity index (χ1n) is 7.03. The van der Waals surface area contributed by atoms with Crippen molar-refractivity contribution in [1.82, 2.24) is 4.90 Å². The molecular weight excluding hydrogens is 318 g/mol. The third-order valence-electron chi connectivity index (χ3n) is 3.76. The molecule has 0 bridgehead atoms. The molecule has 5 heteroatoms. The number of nitrogens with two attached hydrogens (primary N) is 1. The topological polar surface area (TPSA) is 52.7 Å². The molecule has 0 aromatic heterocycles. The van der Waals surface area contributed by atoms with Gasteiger partial charge in [-0.15, -0.1) is 0 Å². The Labute approximate surface area is 129 Å². The van der Waals surface area contributed by atoms with Crippen LogP contribution in [-0.4, -0.2) is 49.3 Å². The van der Waals surface area contributed by atoms with Crippen LogP contribution in [0.5, 0.6) is 0 Å². The van der Waals surface area contributed by atoms with Crippen LogP contribution in [0.4, 0.5) is 5.69 Å². The van der Waals surface area contributed by atoms with Crippen molar-refractivity contribution in [3.63, 3.8) is 0 Å². The largest absolute Gasteiger partial charge is 0.391 e. The number of hydrogen-bond acceptors (Lipinski definition) is 4. The summed E-state index contributed by atoms with van der Waals surface area (Å²) < 4.78 is 1.04. The number of nitrogens with zero attached hydrogens (tertiary/aromatic N) is 2. The van der Waals surface area contributed by atoms with Crippen LogP contribution >= 0.6 is 15.9 Å². The second kappa shape index (κ2) is 6.43. The Bertz CT molecular complexity index is 464. The summed E-state index contributed by atoms with van der Waals surface area (Å²) in [6.45, 7) is 3.61. The fourth-order valence-corrected chi connectivity index (χ4v) is 3.28. The first kappa shape index (κ1) is 15.8. The summed E-state index contributed by atoms with van der Waals surface area (Å²) in [5.41, 5.74) is 8.37. The summed E-state index contributed by atoms with van der Waals surface area (Å²) >= 11 is 3.54. The van der Waals surface area contributed by atoms with Crippen molar-refractivity contribution in [2.24, 2.45) is 5.73 Å². The van der Waals surface area contributed by atoms with E-state index in [1.54, 1.807) is 0 Å². The molecule has 4 nitrogen and oxygen atoms in total. The van der Waals surface area contributed by atoms with E-state index in [0.717, 1.165) is 28.7 Å². The zero-order chi connectivity index (χ0) is 14.9. The minimum Gasteiger partial charge on any atom is -0.391 e. The highest BCUT2D eigenvalue weighted by molar-refractivity contribution is 9.10. The molecule has 1 aromatic carbocycles. The molecule has 1 saturated heterocycles. The monoisotopic (exact) mass is 341 g/mol. The lowest BCUT2D eigenvalue weighted by Crippen LogP contribution is -2.38. The van der Waals surface area contributed by atoms with Gasteiger partial charge in [-0.1, -0.05) is 22.0 Å². The average Bonchev–Trinajstić information content (AvgIpc) is 2.68. The fraction of sp³-hybridized carbons (Fsp3) is 0.600. The number of β-amino-alcohol motifs (C(OH)–C–C–N with tert-alkyl or cyclic N) is 1. The van der Waals surface area contributed by atoms with E-state index in [2.05, 4.69) is 52.0 Å². The van der Waals surface area contributed by atoms with Gasteiger partial charge in [-0.2, -0.15) is 0 Å². The molecule has 0 saturated carbocycles. The molecule has 1 fully saturated rings. The van der Waals surface area contributed by atoms with Crippen LogP contribution in [0.2, 0.25) is 0 Å². The molecule has 0 amide bonds. The van der Waals surface area contributed by atoms with Crippen molar-refractivity contribution >= 4 is 21.6 Å². The molecular formula is C15H24BrN3O. The van der Waals surface area contributed by atoms with Crippen molar-refractivity contribution in [2.75, 3.05) is 32.1 Å². The quantitative estimate of drug-likeness (QED) is 0.879. The van der Waals surface area contributed by atoms with Gasteiger partial charge in [-0.3, -0.25) is 0 Å². The number of likely N-dealkylation sites (N-methyl/N-ethyl adjacent to an activating group) is 1. The first-order valence-corrected chi connectivity index (χ1v) is 7.82. The zero-order valence-corrected chi connectivity index (χ0v) is 14.0. The van der Waals surface area contributed by atoms with Crippen molar-refractivity contribution in [1.29, 1.82) is 0 Å². The summed E-state index contributed by atoms with van der Waals surface area (Å²) in [6.07, 6.45) is 0.545. The molecule has 0 radical (unpaired) electrons. The predicted molar refractivity (Wildman–Crippen MR) is 87.1 cm³/mol. The van der Waals surface area contributed by atoms with E-state index in [1.807, 2.05) is 13.0 Å². The molecule has 1 aromatic rings. The summed E-state index contributed by atoms with van der Waals surface area (Å²) in [5, 5.41) is 10.0. The van der Waals surface area contributed by atoms with Gasteiger partial charge in [0.05, 0.1) is 6.10 Å². The van der Waals surface area contributed by atoms with Crippen molar-refractivity contribution < 1.29 is 5.11 Å². The second-order valence-electron chi connectivity index (χ2n) is 5.95. The normalized spacial score (nSPS) is 24.4. The number of rotatable bonds is 4. The molecule has 1 aliphatic rings. The van der Waals surface area contributed by atoms with E-state index >= 15 is 0 Å². The molecule has 2 rings (SSSR count). The number of aliphatic hydroxyl groups is 1. The van der Waals surface area contributed by atoms with Crippen LogP contribution in [0.1, 0.15) is 24.9 Å². The number of hydrogen-bond donors (Lipinski definition) is 2. The van der Waals surface area contributed by atoms with Gasteiger partial charge in [-0.25, -0.2) is 0 Å². The lowest BCUT2D eigenvalue weighted by atomic mass is 10.0. The average molecular weight is 342 g/mol. The fourth-order valence-electron chi connectivity index (χ4n) is 2.93. The van der Waals surface area contributed by atoms with Gasteiger partial charge >= 0.3 is 0 Å². The minimum atomic E-state index is -0.264. The predicted octanol–water partition coefficient (Wildman–Crippen LogP) is 1.97. The van der Waals surface area contributed by atoms with E-state index in [1.165, 1.54) is 0 Å². The molecule has 0 spiro atoms. The summed E-state index contributed by atoms with van der Waals surface area (Å²) in [4.78, 5) is 4.47. The van der Waals surface area contributed by atoms with Crippen LogP contribution in [0, 0.1) is 0 Å². The highest BCUT2D eigenvalue weighted by atomic mass is 79.9. The molecule has 20 heavy (non-hydrogen) atoms. The second-order valence-corrected chi connectivity index (χ2v) is 6.87. The summed E-state index contributed by atoms with van der Waals surface area (Å²) in [5.74, 6) is 0. The minimum absolute atomic E-state index is 0.0177. The Morgan fingerprint density at radius 3 is 2.80 bits per heavy atom. The summed E-state index contributed by atoms with van der Waals surface area (Å²) in [7, 11) is 4.13. The Morgan fingerprint density at radius 2 is 2.20 bits per heavy atom. The maximum Gasteiger partial charge on any atom is 0.0735 e. The van der Waals surface area contributed by atoms with Crippen LogP contribution in [0.15, 0.2) is 22.7 Å². The van der Waals surface area contributed by atoms with Crippen molar-refractivity contribution in [2.45, 2.75) is 31.5 Å². The SMILES string of the molecule is CC(N)c1ccc(Br)cc1N1CC(O)CC1CN(C)C. The van der Waals surface area contributed by atoms with Gasteiger partial charge in [0.25, 0.3) is 0 Å². The number of anilines is 1. The van der Waals surface area contributed by atoms with Gasteiger partial charge in [-0.05, 0) is 45.1 Å². The third kappa shape index (κ3) is 3.52. The Kier molecular flexibility index (Phi) is 5.07. The van der Waals surface area contributed by atoms with Crippen LogP contribution in [0.3, 0.4) is 0 Å². The van der Waals surface area contributed by atoms with E-state index in [4.69, 9.17) is 5.73 Å². The van der Waals surface area contributed by atoms with Crippen molar-refractivity contribution in [3.05, 3.63) is 28.2 Å². The molecule has 112 valence electrons. The maximum absolute atomic E-state index is 10.0. The van der Waals surface area contributed by atoms with Gasteiger partial charge in [0.1, 0.15) is 0 Å². The van der Waals surface area contributed by atoms with E-state index in [-0.39, 0.29) is 12.1 Å². The van der Waals surface area contributed by atoms with Crippen LogP contribution < -0.4 is 10.6 Å². The van der Waals surface area contributed by atoms with Gasteiger partial charge in [0.15, 0.2) is 0 Å². The molecule has 3 N–H and O–H groups in total. The van der Waals surface area contributed by atoms with E-state index in [0.29, 0.717) is 12.6 Å². The standard InChI is InChI=1S/C15H24BrN3O/c1-10(17)14-5-4-11(16)6-15(14)19-9-13(20)7-12(19)8-18(2)3/h4-6,10,12-13,20H,7-9,17H2,1-3H3. The van der Waals surface area contributed by atoms with Gasteiger partial charge in [0.2, 0.25) is 0 Å². The third-order valence-corrected chi connectivity index (χ3v) is 4.25. The molecule has 3 atom stereocenters. The number of aliphatic hydroxyl groups excluding tert-OH is 1. The van der Waals surface area contributed by atoms with Gasteiger partial charge < -0.3 is 20.6 Å². The molecule has 1 heterocycles. The molecule has 1 aliphatic heterocycles. The maximum atomic E-state index is 10.0. The molecule has 0 aliphatic carbocycles. The lowest BCUT2D eigenvalue weighted by Gasteiger charge is -2.31. The summed E-state index contributed by atoms with van der Waals surface area (Å²) in [6, 6.07) is 6.51. The van der Waals surface area contributed by atoms with Crippen LogP contribution in [-0.2, 0) is 0 Å².